The second-order valence-corrected chi connectivity index (χ2v) is 23.5. The molecule has 3 aromatic carbocycles. The SMILES string of the molecule is CC(C)(C)[Si](C)(C)O[C@@H](CNCCCCCCCCCN1CCC(N(C(=O)O)c2ccccc2-c2ccc(O)c(Cl)c2)CC1)c1ccc(O)c(NS(C)(=O)=O)c1. The summed E-state index contributed by atoms with van der Waals surface area (Å²) in [6.07, 6.45) is 9.42. The summed E-state index contributed by atoms with van der Waals surface area (Å²) in [4.78, 5) is 16.5. The maximum Gasteiger partial charge on any atom is 0.412 e. The summed E-state index contributed by atoms with van der Waals surface area (Å²) in [5.41, 5.74) is 3.12. The Bertz CT molecular complexity index is 1850. The number of amides is 1. The molecule has 11 nitrogen and oxygen atoms in total. The molecule has 1 aliphatic rings. The number of anilines is 2. The Morgan fingerprint density at radius 2 is 1.57 bits per heavy atom. The highest BCUT2D eigenvalue weighted by molar-refractivity contribution is 7.92. The van der Waals surface area contributed by atoms with Crippen LogP contribution in [-0.2, 0) is 14.4 Å². The molecule has 3 aromatic rings. The van der Waals surface area contributed by atoms with Crippen molar-refractivity contribution in [2.45, 2.75) is 109 Å². The molecule has 0 spiro atoms. The van der Waals surface area contributed by atoms with Crippen molar-refractivity contribution in [3.05, 3.63) is 71.2 Å². The van der Waals surface area contributed by atoms with Crippen LogP contribution in [0.5, 0.6) is 11.5 Å². The number of nitrogens with zero attached hydrogens (tertiary/aromatic N) is 2. The van der Waals surface area contributed by atoms with Gasteiger partial charge in [0.25, 0.3) is 0 Å². The van der Waals surface area contributed by atoms with Crippen LogP contribution in [0.3, 0.4) is 0 Å². The molecule has 5 N–H and O–H groups in total. The molecule has 0 saturated carbocycles. The fourth-order valence-electron chi connectivity index (χ4n) is 6.96. The molecule has 4 rings (SSSR count). The number of halogens is 1. The van der Waals surface area contributed by atoms with Crippen LogP contribution >= 0.6 is 11.6 Å². The zero-order valence-corrected chi connectivity index (χ0v) is 36.6. The number of rotatable bonds is 20. The lowest BCUT2D eigenvalue weighted by atomic mass is 9.98. The molecule has 0 radical (unpaired) electrons. The van der Waals surface area contributed by atoms with Gasteiger partial charge in [0, 0.05) is 31.2 Å². The van der Waals surface area contributed by atoms with Crippen molar-refractivity contribution in [1.29, 1.82) is 0 Å². The van der Waals surface area contributed by atoms with Gasteiger partial charge >= 0.3 is 6.09 Å². The van der Waals surface area contributed by atoms with Gasteiger partial charge in [-0.15, -0.1) is 0 Å². The predicted octanol–water partition coefficient (Wildman–Crippen LogP) is 9.82. The van der Waals surface area contributed by atoms with E-state index in [-0.39, 0.29) is 39.4 Å². The van der Waals surface area contributed by atoms with Crippen molar-refractivity contribution >= 4 is 47.4 Å². The van der Waals surface area contributed by atoms with Gasteiger partial charge in [-0.2, -0.15) is 0 Å². The molecule has 0 unspecified atom stereocenters. The summed E-state index contributed by atoms with van der Waals surface area (Å²) in [6.45, 7) is 15.2. The summed E-state index contributed by atoms with van der Waals surface area (Å²) >= 11 is 6.18. The van der Waals surface area contributed by atoms with E-state index in [2.05, 4.69) is 48.8 Å². The van der Waals surface area contributed by atoms with Gasteiger partial charge in [-0.05, 0) is 98.4 Å². The van der Waals surface area contributed by atoms with Crippen molar-refractivity contribution in [1.82, 2.24) is 10.2 Å². The maximum absolute atomic E-state index is 12.6. The zero-order chi connectivity index (χ0) is 41.1. The third kappa shape index (κ3) is 13.4. The third-order valence-corrected chi connectivity index (χ3v) is 16.5. The summed E-state index contributed by atoms with van der Waals surface area (Å²) < 4.78 is 33.0. The second-order valence-electron chi connectivity index (χ2n) is 16.6. The van der Waals surface area contributed by atoms with E-state index in [9.17, 15) is 28.5 Å². The second kappa shape index (κ2) is 20.4. The first-order valence-corrected chi connectivity index (χ1v) is 25.1. The average molecular weight is 832 g/mol. The van der Waals surface area contributed by atoms with Crippen molar-refractivity contribution < 1.29 is 33.0 Å². The minimum Gasteiger partial charge on any atom is -0.506 e. The summed E-state index contributed by atoms with van der Waals surface area (Å²) in [5, 5.41) is 34.3. The monoisotopic (exact) mass is 830 g/mol. The number of nitrogens with one attached hydrogen (secondary N) is 2. The van der Waals surface area contributed by atoms with Crippen LogP contribution < -0.4 is 14.9 Å². The smallest absolute Gasteiger partial charge is 0.412 e. The van der Waals surface area contributed by atoms with E-state index in [1.807, 2.05) is 24.3 Å². The fourth-order valence-corrected chi connectivity index (χ4v) is 8.98. The molecule has 0 aliphatic carbocycles. The number of para-hydroxylation sites is 1. The van der Waals surface area contributed by atoms with Crippen molar-refractivity contribution in [2.24, 2.45) is 0 Å². The van der Waals surface area contributed by atoms with E-state index in [0.717, 1.165) is 81.2 Å². The topological polar surface area (TPSA) is 152 Å². The van der Waals surface area contributed by atoms with Crippen LogP contribution in [-0.4, -0.2) is 88.1 Å². The highest BCUT2D eigenvalue weighted by Crippen LogP contribution is 2.41. The zero-order valence-electron chi connectivity index (χ0n) is 34.0. The molecule has 56 heavy (non-hydrogen) atoms. The Hall–Kier alpha value is -3.33. The van der Waals surface area contributed by atoms with Gasteiger partial charge in [0.1, 0.15) is 11.5 Å². The number of likely N-dealkylation sites (tertiary alicyclic amines) is 1. The summed E-state index contributed by atoms with van der Waals surface area (Å²) in [7, 11) is -5.71. The number of carbonyl (C=O) groups is 1. The van der Waals surface area contributed by atoms with Crippen LogP contribution in [0, 0.1) is 0 Å². The van der Waals surface area contributed by atoms with Crippen LogP contribution in [0.25, 0.3) is 11.1 Å². The molecule has 1 fully saturated rings. The lowest BCUT2D eigenvalue weighted by Crippen LogP contribution is -2.47. The number of phenolic OH excluding ortho intramolecular Hbond substituents is 2. The lowest BCUT2D eigenvalue weighted by Gasteiger charge is -2.39. The van der Waals surface area contributed by atoms with Gasteiger partial charge in [-0.1, -0.05) is 94.8 Å². The van der Waals surface area contributed by atoms with E-state index in [0.29, 0.717) is 12.2 Å². The number of phenols is 2. The van der Waals surface area contributed by atoms with Crippen LogP contribution in [0.1, 0.15) is 90.2 Å². The van der Waals surface area contributed by atoms with Gasteiger partial charge < -0.3 is 30.0 Å². The molecule has 1 aliphatic heterocycles. The first-order valence-electron chi connectivity index (χ1n) is 19.9. The Labute approximate surface area is 340 Å². The largest absolute Gasteiger partial charge is 0.506 e. The Balaban J connectivity index is 1.15. The number of aromatic hydroxyl groups is 2. The minimum absolute atomic E-state index is 0.00275. The van der Waals surface area contributed by atoms with Crippen LogP contribution in [0.2, 0.25) is 23.2 Å². The van der Waals surface area contributed by atoms with E-state index in [1.54, 1.807) is 24.3 Å². The highest BCUT2D eigenvalue weighted by atomic mass is 35.5. The molecular formula is C42H63ClN4O7SSi. The standard InChI is InChI=1S/C42H63ClN4O7SSi/c1-42(2,3)56(5,6)54-40(32-19-21-39(49)36(29-32)45-55(4,52)53)30-44-24-14-10-8-7-9-11-15-25-46-26-22-33(23-27-46)47(41(50)51)37-17-13-12-16-34(37)31-18-20-38(48)35(43)28-31/h12-13,16-21,28-29,33,40,44-45,48-49H,7-11,14-15,22-27,30H2,1-6H3,(H,50,51)/t40-/m0/s1. The van der Waals surface area contributed by atoms with E-state index >= 15 is 0 Å². The number of piperidine rings is 1. The lowest BCUT2D eigenvalue weighted by molar-refractivity contribution is 0.179. The average Bonchev–Trinajstić information content (AvgIpc) is 3.12. The fraction of sp³-hybridized carbons (Fsp3) is 0.548. The van der Waals surface area contributed by atoms with E-state index in [1.165, 1.54) is 42.7 Å². The molecule has 310 valence electrons. The first kappa shape index (κ1) is 45.4. The van der Waals surface area contributed by atoms with Crippen molar-refractivity contribution in [3.8, 4) is 22.6 Å². The van der Waals surface area contributed by atoms with Gasteiger partial charge in [-0.3, -0.25) is 9.62 Å². The van der Waals surface area contributed by atoms with Gasteiger partial charge in [-0.25, -0.2) is 13.2 Å². The number of hydrogen-bond acceptors (Lipinski definition) is 8. The maximum atomic E-state index is 12.6. The van der Waals surface area contributed by atoms with Gasteiger partial charge in [0.15, 0.2) is 8.32 Å². The number of carboxylic acid groups (broad SMARTS) is 1. The Morgan fingerprint density at radius 1 is 0.946 bits per heavy atom. The third-order valence-electron chi connectivity index (χ3n) is 11.1. The van der Waals surface area contributed by atoms with Gasteiger partial charge in [0.05, 0.1) is 28.8 Å². The van der Waals surface area contributed by atoms with E-state index in [4.69, 9.17) is 16.0 Å². The molecule has 1 heterocycles. The number of hydrogen-bond donors (Lipinski definition) is 5. The molecule has 1 atom stereocenters. The van der Waals surface area contributed by atoms with Crippen molar-refractivity contribution in [3.63, 3.8) is 0 Å². The summed E-state index contributed by atoms with van der Waals surface area (Å²) in [6, 6.07) is 17.3. The molecule has 14 heteroatoms. The molecule has 1 saturated heterocycles. The molecular weight excluding hydrogens is 768 g/mol. The Kier molecular flexibility index (Phi) is 16.5. The number of benzene rings is 3. The molecule has 1 amide bonds. The van der Waals surface area contributed by atoms with Gasteiger partial charge in [0.2, 0.25) is 10.0 Å². The first-order chi connectivity index (χ1) is 26.4. The number of sulfonamides is 1. The number of unbranched alkanes of at least 4 members (excludes halogenated alkanes) is 6. The normalized spacial score (nSPS) is 15.1. The summed E-state index contributed by atoms with van der Waals surface area (Å²) in [5.74, 6) is -0.133. The van der Waals surface area contributed by atoms with Crippen molar-refractivity contribution in [2.75, 3.05) is 48.6 Å². The Morgan fingerprint density at radius 3 is 2.20 bits per heavy atom. The molecule has 0 aromatic heterocycles. The van der Waals surface area contributed by atoms with Crippen LogP contribution in [0.4, 0.5) is 16.2 Å². The highest BCUT2D eigenvalue weighted by Gasteiger charge is 2.39. The van der Waals surface area contributed by atoms with E-state index < -0.39 is 24.4 Å². The predicted molar refractivity (Wildman–Crippen MR) is 231 cm³/mol. The molecule has 0 bridgehead atoms. The quantitative estimate of drug-likeness (QED) is 0.0426. The van der Waals surface area contributed by atoms with Crippen LogP contribution in [0.15, 0.2) is 60.7 Å². The minimum atomic E-state index is -3.55.